The van der Waals surface area contributed by atoms with E-state index in [0.29, 0.717) is 12.4 Å². The summed E-state index contributed by atoms with van der Waals surface area (Å²) in [6.07, 6.45) is 3.26. The van der Waals surface area contributed by atoms with Crippen LogP contribution in [0.25, 0.3) is 0 Å². The lowest BCUT2D eigenvalue weighted by Gasteiger charge is -2.00. The first-order valence-electron chi connectivity index (χ1n) is 5.56. The second kappa shape index (κ2) is 5.79. The van der Waals surface area contributed by atoms with Crippen LogP contribution in [0.5, 0.6) is 0 Å². The maximum absolute atomic E-state index is 5.87. The molecule has 2 aromatic rings. The van der Waals surface area contributed by atoms with Crippen LogP contribution in [-0.2, 0) is 6.42 Å². The molecular weight excluding hydrogens is 214 g/mol. The van der Waals surface area contributed by atoms with Crippen molar-refractivity contribution in [2.24, 2.45) is 10.7 Å². The van der Waals surface area contributed by atoms with E-state index in [4.69, 9.17) is 5.73 Å². The standard InChI is InChI=1S/C12H15N5/c13-12(10-5-2-1-3-6-10)14-8-4-7-11-15-9-16-17-11/h1-3,5-6,9H,4,7-8H2,(H2,13,14)(H,15,16,17). The Bertz CT molecular complexity index is 461. The van der Waals surface area contributed by atoms with Gasteiger partial charge in [0.25, 0.3) is 0 Å². The molecule has 0 saturated carbocycles. The SMILES string of the molecule is NC(=NCCCc1ncn[nH]1)c1ccccc1. The zero-order valence-corrected chi connectivity index (χ0v) is 9.50. The highest BCUT2D eigenvalue weighted by molar-refractivity contribution is 5.97. The Balaban J connectivity index is 1.81. The smallest absolute Gasteiger partial charge is 0.137 e. The van der Waals surface area contributed by atoms with Crippen LogP contribution in [0.1, 0.15) is 17.8 Å². The fourth-order valence-electron chi connectivity index (χ4n) is 1.50. The summed E-state index contributed by atoms with van der Waals surface area (Å²) in [6, 6.07) is 9.77. The van der Waals surface area contributed by atoms with Gasteiger partial charge in [-0.25, -0.2) is 4.98 Å². The van der Waals surface area contributed by atoms with Gasteiger partial charge in [0.1, 0.15) is 18.0 Å². The fourth-order valence-corrected chi connectivity index (χ4v) is 1.50. The molecule has 17 heavy (non-hydrogen) atoms. The number of hydrogen-bond donors (Lipinski definition) is 2. The van der Waals surface area contributed by atoms with Gasteiger partial charge in [-0.1, -0.05) is 30.3 Å². The first-order chi connectivity index (χ1) is 8.36. The van der Waals surface area contributed by atoms with Crippen LogP contribution in [0.2, 0.25) is 0 Å². The van der Waals surface area contributed by atoms with Crippen molar-refractivity contribution in [3.63, 3.8) is 0 Å². The topological polar surface area (TPSA) is 79.9 Å². The summed E-state index contributed by atoms with van der Waals surface area (Å²) in [5, 5.41) is 6.60. The Kier molecular flexibility index (Phi) is 3.85. The zero-order chi connectivity index (χ0) is 11.9. The summed E-state index contributed by atoms with van der Waals surface area (Å²) in [5.74, 6) is 1.47. The molecule has 3 N–H and O–H groups in total. The highest BCUT2D eigenvalue weighted by Gasteiger charge is 1.97. The van der Waals surface area contributed by atoms with Crippen LogP contribution < -0.4 is 5.73 Å². The van der Waals surface area contributed by atoms with Crippen LogP contribution in [0.4, 0.5) is 0 Å². The molecular formula is C12H15N5. The number of amidine groups is 1. The number of aromatic nitrogens is 3. The molecule has 0 unspecified atom stereocenters. The van der Waals surface area contributed by atoms with Gasteiger partial charge >= 0.3 is 0 Å². The van der Waals surface area contributed by atoms with Crippen LogP contribution in [0, 0.1) is 0 Å². The molecule has 1 aromatic heterocycles. The van der Waals surface area contributed by atoms with E-state index in [-0.39, 0.29) is 0 Å². The maximum atomic E-state index is 5.87. The normalized spacial score (nSPS) is 11.6. The molecule has 0 atom stereocenters. The van der Waals surface area contributed by atoms with Gasteiger partial charge in [-0.2, -0.15) is 5.10 Å². The number of rotatable bonds is 5. The van der Waals surface area contributed by atoms with Gasteiger partial charge in [0.05, 0.1) is 0 Å². The second-order valence-corrected chi connectivity index (χ2v) is 3.67. The van der Waals surface area contributed by atoms with E-state index in [2.05, 4.69) is 20.2 Å². The number of aryl methyl sites for hydroxylation is 1. The third kappa shape index (κ3) is 3.41. The molecule has 5 nitrogen and oxygen atoms in total. The third-order valence-electron chi connectivity index (χ3n) is 2.39. The number of nitrogens with zero attached hydrogens (tertiary/aromatic N) is 3. The average Bonchev–Trinajstić information content (AvgIpc) is 2.88. The van der Waals surface area contributed by atoms with E-state index in [1.807, 2.05) is 30.3 Å². The summed E-state index contributed by atoms with van der Waals surface area (Å²) in [6.45, 7) is 0.696. The van der Waals surface area contributed by atoms with Gasteiger partial charge in [-0.05, 0) is 6.42 Å². The van der Waals surface area contributed by atoms with Crippen LogP contribution in [0.3, 0.4) is 0 Å². The first kappa shape index (κ1) is 11.3. The van der Waals surface area contributed by atoms with E-state index >= 15 is 0 Å². The molecule has 0 aliphatic heterocycles. The monoisotopic (exact) mass is 229 g/mol. The lowest BCUT2D eigenvalue weighted by atomic mass is 10.2. The molecule has 0 aliphatic carbocycles. The second-order valence-electron chi connectivity index (χ2n) is 3.67. The lowest BCUT2D eigenvalue weighted by Crippen LogP contribution is -2.13. The molecule has 0 bridgehead atoms. The Morgan fingerprint density at radius 2 is 2.12 bits per heavy atom. The van der Waals surface area contributed by atoms with Gasteiger partial charge < -0.3 is 5.73 Å². The van der Waals surface area contributed by atoms with Gasteiger partial charge in [-0.3, -0.25) is 10.1 Å². The number of nitrogens with one attached hydrogen (secondary N) is 1. The minimum absolute atomic E-state index is 0.586. The molecule has 2 rings (SSSR count). The molecule has 1 heterocycles. The van der Waals surface area contributed by atoms with Crippen molar-refractivity contribution in [2.75, 3.05) is 6.54 Å². The number of aromatic amines is 1. The summed E-state index contributed by atoms with van der Waals surface area (Å²) >= 11 is 0. The molecule has 0 amide bonds. The Morgan fingerprint density at radius 3 is 2.82 bits per heavy atom. The van der Waals surface area contributed by atoms with Gasteiger partial charge in [0.2, 0.25) is 0 Å². The summed E-state index contributed by atoms with van der Waals surface area (Å²) in [5.41, 5.74) is 6.83. The number of benzene rings is 1. The molecule has 0 aliphatic rings. The van der Waals surface area contributed by atoms with E-state index in [0.717, 1.165) is 24.2 Å². The largest absolute Gasteiger partial charge is 0.384 e. The number of aliphatic imine (C=N–C) groups is 1. The van der Waals surface area contributed by atoms with Crippen molar-refractivity contribution in [3.8, 4) is 0 Å². The summed E-state index contributed by atoms with van der Waals surface area (Å²) < 4.78 is 0. The summed E-state index contributed by atoms with van der Waals surface area (Å²) in [4.78, 5) is 8.37. The first-order valence-corrected chi connectivity index (χ1v) is 5.56. The fraction of sp³-hybridized carbons (Fsp3) is 0.250. The molecule has 5 heteroatoms. The Labute approximate surface area is 99.8 Å². The van der Waals surface area contributed by atoms with Gasteiger partial charge in [0.15, 0.2) is 0 Å². The van der Waals surface area contributed by atoms with Crippen molar-refractivity contribution >= 4 is 5.84 Å². The molecule has 0 saturated heterocycles. The van der Waals surface area contributed by atoms with E-state index in [1.165, 1.54) is 6.33 Å². The Hall–Kier alpha value is -2.17. The maximum Gasteiger partial charge on any atom is 0.137 e. The van der Waals surface area contributed by atoms with E-state index < -0.39 is 0 Å². The number of nitrogens with two attached hydrogens (primary N) is 1. The lowest BCUT2D eigenvalue weighted by molar-refractivity contribution is 0.785. The molecule has 0 fully saturated rings. The van der Waals surface area contributed by atoms with Crippen molar-refractivity contribution in [2.45, 2.75) is 12.8 Å². The van der Waals surface area contributed by atoms with Crippen LogP contribution in [0.15, 0.2) is 41.7 Å². The van der Waals surface area contributed by atoms with Crippen LogP contribution in [-0.4, -0.2) is 27.6 Å². The predicted molar refractivity (Wildman–Crippen MR) is 66.7 cm³/mol. The van der Waals surface area contributed by atoms with Crippen LogP contribution >= 0.6 is 0 Å². The van der Waals surface area contributed by atoms with E-state index in [9.17, 15) is 0 Å². The highest BCUT2D eigenvalue weighted by atomic mass is 15.2. The highest BCUT2D eigenvalue weighted by Crippen LogP contribution is 1.99. The minimum Gasteiger partial charge on any atom is -0.384 e. The predicted octanol–water partition coefficient (Wildman–Crippen LogP) is 1.14. The zero-order valence-electron chi connectivity index (χ0n) is 9.50. The average molecular weight is 229 g/mol. The Morgan fingerprint density at radius 1 is 1.29 bits per heavy atom. The van der Waals surface area contributed by atoms with Crippen molar-refractivity contribution < 1.29 is 0 Å². The third-order valence-corrected chi connectivity index (χ3v) is 2.39. The van der Waals surface area contributed by atoms with E-state index in [1.54, 1.807) is 0 Å². The molecule has 0 spiro atoms. The summed E-state index contributed by atoms with van der Waals surface area (Å²) in [7, 11) is 0. The molecule has 88 valence electrons. The number of hydrogen-bond acceptors (Lipinski definition) is 3. The van der Waals surface area contributed by atoms with Gasteiger partial charge in [-0.15, -0.1) is 0 Å². The van der Waals surface area contributed by atoms with Gasteiger partial charge in [0, 0.05) is 18.5 Å². The quantitative estimate of drug-likeness (QED) is 0.458. The minimum atomic E-state index is 0.586. The number of H-pyrrole nitrogens is 1. The van der Waals surface area contributed by atoms with Crippen molar-refractivity contribution in [3.05, 3.63) is 48.0 Å². The molecule has 1 aromatic carbocycles. The van der Waals surface area contributed by atoms with Crippen molar-refractivity contribution in [1.29, 1.82) is 0 Å². The molecule has 0 radical (unpaired) electrons. The van der Waals surface area contributed by atoms with Crippen molar-refractivity contribution in [1.82, 2.24) is 15.2 Å².